The molecular formula is C23H31N5O. The molecule has 2 aromatic rings. The number of nitrogens with zero attached hydrogens (tertiary/aromatic N) is 4. The van der Waals surface area contributed by atoms with Gasteiger partial charge in [0.05, 0.1) is 12.7 Å². The van der Waals surface area contributed by atoms with Crippen molar-refractivity contribution in [3.63, 3.8) is 0 Å². The van der Waals surface area contributed by atoms with Crippen LogP contribution >= 0.6 is 0 Å². The Labute approximate surface area is 173 Å². The molecule has 2 saturated heterocycles. The molecule has 29 heavy (non-hydrogen) atoms. The van der Waals surface area contributed by atoms with E-state index in [0.717, 1.165) is 51.1 Å². The van der Waals surface area contributed by atoms with Crippen LogP contribution in [0, 0.1) is 0 Å². The number of ether oxygens (including phenoxy) is 1. The second kappa shape index (κ2) is 9.27. The summed E-state index contributed by atoms with van der Waals surface area (Å²) in [5.74, 6) is 2.58. The molecule has 1 N–H and O–H groups in total. The molecule has 6 heteroatoms. The normalized spacial score (nSPS) is 22.8. The summed E-state index contributed by atoms with van der Waals surface area (Å²) in [6, 6.07) is 15.0. The van der Waals surface area contributed by atoms with Crippen molar-refractivity contribution in [2.45, 2.75) is 31.9 Å². The van der Waals surface area contributed by atoms with Gasteiger partial charge < -0.3 is 19.9 Å². The summed E-state index contributed by atoms with van der Waals surface area (Å²) < 4.78 is 5.65. The predicted octanol–water partition coefficient (Wildman–Crippen LogP) is 2.87. The fourth-order valence-corrected chi connectivity index (χ4v) is 4.23. The lowest BCUT2D eigenvalue weighted by atomic mass is 9.99. The van der Waals surface area contributed by atoms with Crippen LogP contribution in [0.1, 0.15) is 30.4 Å². The third-order valence-corrected chi connectivity index (χ3v) is 5.80. The van der Waals surface area contributed by atoms with Gasteiger partial charge in [-0.05, 0) is 36.6 Å². The highest BCUT2D eigenvalue weighted by Crippen LogP contribution is 2.27. The Morgan fingerprint density at radius 2 is 2.07 bits per heavy atom. The SMILES string of the molecule is CN=C(NCc1ccnc(N2CCOC(C)C2)c1)N1CCC(c2ccccc2)C1. The van der Waals surface area contributed by atoms with E-state index in [1.54, 1.807) is 0 Å². The Balaban J connectivity index is 1.35. The third kappa shape index (κ3) is 4.88. The molecule has 2 unspecified atom stereocenters. The van der Waals surface area contributed by atoms with E-state index in [0.29, 0.717) is 5.92 Å². The number of likely N-dealkylation sites (tertiary alicyclic amines) is 1. The highest BCUT2D eigenvalue weighted by Gasteiger charge is 2.26. The number of aromatic nitrogens is 1. The van der Waals surface area contributed by atoms with E-state index in [2.05, 4.69) is 74.5 Å². The average Bonchev–Trinajstić information content (AvgIpc) is 3.25. The summed E-state index contributed by atoms with van der Waals surface area (Å²) in [6.45, 7) is 7.44. The quantitative estimate of drug-likeness (QED) is 0.639. The average molecular weight is 394 g/mol. The number of benzene rings is 1. The van der Waals surface area contributed by atoms with Crippen molar-refractivity contribution in [2.75, 3.05) is 44.7 Å². The van der Waals surface area contributed by atoms with Crippen LogP contribution in [0.2, 0.25) is 0 Å². The van der Waals surface area contributed by atoms with Gasteiger partial charge in [0, 0.05) is 51.9 Å². The number of pyridine rings is 1. The molecule has 0 amide bonds. The lowest BCUT2D eigenvalue weighted by molar-refractivity contribution is 0.0529. The Morgan fingerprint density at radius 1 is 1.21 bits per heavy atom. The first-order valence-corrected chi connectivity index (χ1v) is 10.5. The van der Waals surface area contributed by atoms with Crippen LogP contribution < -0.4 is 10.2 Å². The summed E-state index contributed by atoms with van der Waals surface area (Å²) in [6.07, 6.45) is 3.31. The standard InChI is InChI=1S/C23H31N5O/c1-18-16-27(12-13-29-18)22-14-19(8-10-25-22)15-26-23(24-2)28-11-9-21(17-28)20-6-4-3-5-7-20/h3-8,10,14,18,21H,9,11-13,15-17H2,1-2H3,(H,24,26). The van der Waals surface area contributed by atoms with Gasteiger partial charge in [-0.2, -0.15) is 0 Å². The number of hydrogen-bond acceptors (Lipinski definition) is 4. The Hall–Kier alpha value is -2.60. The van der Waals surface area contributed by atoms with Crippen molar-refractivity contribution in [2.24, 2.45) is 4.99 Å². The number of rotatable bonds is 4. The minimum Gasteiger partial charge on any atom is -0.375 e. The van der Waals surface area contributed by atoms with E-state index in [1.807, 2.05) is 13.2 Å². The summed E-state index contributed by atoms with van der Waals surface area (Å²) in [5.41, 5.74) is 2.64. The molecule has 0 saturated carbocycles. The number of anilines is 1. The molecular weight excluding hydrogens is 362 g/mol. The molecule has 0 aliphatic carbocycles. The zero-order valence-electron chi connectivity index (χ0n) is 17.4. The smallest absolute Gasteiger partial charge is 0.193 e. The molecule has 0 radical (unpaired) electrons. The highest BCUT2D eigenvalue weighted by atomic mass is 16.5. The van der Waals surface area contributed by atoms with Crippen LogP contribution in [0.5, 0.6) is 0 Å². The number of hydrogen-bond donors (Lipinski definition) is 1. The topological polar surface area (TPSA) is 53.0 Å². The monoisotopic (exact) mass is 393 g/mol. The third-order valence-electron chi connectivity index (χ3n) is 5.80. The lowest BCUT2D eigenvalue weighted by Gasteiger charge is -2.32. The van der Waals surface area contributed by atoms with Crippen LogP contribution in [0.3, 0.4) is 0 Å². The zero-order valence-corrected chi connectivity index (χ0v) is 17.4. The van der Waals surface area contributed by atoms with E-state index in [-0.39, 0.29) is 6.10 Å². The second-order valence-electron chi connectivity index (χ2n) is 7.89. The van der Waals surface area contributed by atoms with Gasteiger partial charge in [-0.15, -0.1) is 0 Å². The molecule has 1 aromatic carbocycles. The summed E-state index contributed by atoms with van der Waals surface area (Å²) in [5, 5.41) is 3.54. The Kier molecular flexibility index (Phi) is 6.30. The zero-order chi connectivity index (χ0) is 20.1. The molecule has 154 valence electrons. The van der Waals surface area contributed by atoms with Gasteiger partial charge >= 0.3 is 0 Å². The van der Waals surface area contributed by atoms with E-state index >= 15 is 0 Å². The Bertz CT molecular complexity index is 825. The van der Waals surface area contributed by atoms with Gasteiger partial charge in [-0.1, -0.05) is 30.3 Å². The first kappa shape index (κ1) is 19.7. The predicted molar refractivity (Wildman–Crippen MR) is 117 cm³/mol. The summed E-state index contributed by atoms with van der Waals surface area (Å²) in [7, 11) is 1.87. The van der Waals surface area contributed by atoms with Gasteiger partial charge in [0.2, 0.25) is 0 Å². The Morgan fingerprint density at radius 3 is 2.86 bits per heavy atom. The molecule has 2 fully saturated rings. The van der Waals surface area contributed by atoms with Crippen LogP contribution in [0.25, 0.3) is 0 Å². The van der Waals surface area contributed by atoms with E-state index in [1.165, 1.54) is 17.5 Å². The van der Waals surface area contributed by atoms with Crippen molar-refractivity contribution in [1.82, 2.24) is 15.2 Å². The van der Waals surface area contributed by atoms with Crippen LogP contribution in [-0.2, 0) is 11.3 Å². The molecule has 2 aliphatic heterocycles. The van der Waals surface area contributed by atoms with Gasteiger partial charge in [0.1, 0.15) is 5.82 Å². The molecule has 2 aliphatic rings. The maximum atomic E-state index is 5.65. The lowest BCUT2D eigenvalue weighted by Crippen LogP contribution is -2.41. The fraction of sp³-hybridized carbons (Fsp3) is 0.478. The van der Waals surface area contributed by atoms with Crippen molar-refractivity contribution in [3.05, 3.63) is 59.8 Å². The number of aliphatic imine (C=N–C) groups is 1. The number of guanidine groups is 1. The van der Waals surface area contributed by atoms with Crippen molar-refractivity contribution < 1.29 is 4.74 Å². The second-order valence-corrected chi connectivity index (χ2v) is 7.89. The summed E-state index contributed by atoms with van der Waals surface area (Å²) >= 11 is 0. The molecule has 3 heterocycles. The number of nitrogens with one attached hydrogen (secondary N) is 1. The highest BCUT2D eigenvalue weighted by molar-refractivity contribution is 5.80. The summed E-state index contributed by atoms with van der Waals surface area (Å²) in [4.78, 5) is 13.8. The van der Waals surface area contributed by atoms with Crippen molar-refractivity contribution in [1.29, 1.82) is 0 Å². The van der Waals surface area contributed by atoms with Crippen molar-refractivity contribution in [3.8, 4) is 0 Å². The molecule has 4 rings (SSSR count). The largest absolute Gasteiger partial charge is 0.375 e. The maximum absolute atomic E-state index is 5.65. The van der Waals surface area contributed by atoms with Crippen molar-refractivity contribution >= 4 is 11.8 Å². The van der Waals surface area contributed by atoms with Crippen LogP contribution in [-0.4, -0.2) is 61.8 Å². The van der Waals surface area contributed by atoms with E-state index in [4.69, 9.17) is 4.74 Å². The van der Waals surface area contributed by atoms with E-state index in [9.17, 15) is 0 Å². The van der Waals surface area contributed by atoms with Crippen LogP contribution in [0.15, 0.2) is 53.7 Å². The van der Waals surface area contributed by atoms with Crippen LogP contribution in [0.4, 0.5) is 5.82 Å². The minimum absolute atomic E-state index is 0.249. The fourth-order valence-electron chi connectivity index (χ4n) is 4.23. The maximum Gasteiger partial charge on any atom is 0.193 e. The van der Waals surface area contributed by atoms with Gasteiger partial charge in [-0.25, -0.2) is 4.98 Å². The number of morpholine rings is 1. The van der Waals surface area contributed by atoms with Gasteiger partial charge in [0.25, 0.3) is 0 Å². The molecule has 0 spiro atoms. The first-order valence-electron chi connectivity index (χ1n) is 10.5. The van der Waals surface area contributed by atoms with E-state index < -0.39 is 0 Å². The van der Waals surface area contributed by atoms with Gasteiger partial charge in [-0.3, -0.25) is 4.99 Å². The first-order chi connectivity index (χ1) is 14.2. The molecule has 2 atom stereocenters. The van der Waals surface area contributed by atoms with Gasteiger partial charge in [0.15, 0.2) is 5.96 Å². The minimum atomic E-state index is 0.249. The molecule has 6 nitrogen and oxygen atoms in total. The molecule has 1 aromatic heterocycles. The molecule has 0 bridgehead atoms.